The van der Waals surface area contributed by atoms with Gasteiger partial charge in [0.1, 0.15) is 11.3 Å². The highest BCUT2D eigenvalue weighted by molar-refractivity contribution is 5.82. The Labute approximate surface area is 158 Å². The number of rotatable bonds is 7. The van der Waals surface area contributed by atoms with E-state index >= 15 is 0 Å². The number of amides is 1. The molecule has 1 aromatic carbocycles. The summed E-state index contributed by atoms with van der Waals surface area (Å²) >= 11 is 0. The van der Waals surface area contributed by atoms with Crippen molar-refractivity contribution in [1.29, 1.82) is 0 Å². The zero-order valence-corrected chi connectivity index (χ0v) is 16.0. The van der Waals surface area contributed by atoms with Gasteiger partial charge in [0.15, 0.2) is 0 Å². The first-order chi connectivity index (χ1) is 12.9. The molecule has 1 amide bonds. The second-order valence-corrected chi connectivity index (χ2v) is 7.08. The van der Waals surface area contributed by atoms with Crippen LogP contribution in [0.4, 0.5) is 0 Å². The Balaban J connectivity index is 1.60. The maximum atomic E-state index is 12.3. The highest BCUT2D eigenvalue weighted by Gasteiger charge is 2.14. The predicted octanol–water partition coefficient (Wildman–Crippen LogP) is 4.07. The van der Waals surface area contributed by atoms with Gasteiger partial charge in [-0.3, -0.25) is 4.79 Å². The SMILES string of the molecule is Cc1ccc2c(C)c(CCC(=O)NC(C)CCc3ccco3)c(=O)oc2c1. The van der Waals surface area contributed by atoms with Crippen molar-refractivity contribution in [3.63, 3.8) is 0 Å². The Morgan fingerprint density at radius 2 is 2.00 bits per heavy atom. The number of nitrogens with one attached hydrogen (secondary N) is 1. The van der Waals surface area contributed by atoms with Crippen LogP contribution in [0.15, 0.2) is 50.2 Å². The molecular weight excluding hydrogens is 342 g/mol. The van der Waals surface area contributed by atoms with E-state index in [1.54, 1.807) is 6.26 Å². The largest absolute Gasteiger partial charge is 0.469 e. The van der Waals surface area contributed by atoms with Crippen molar-refractivity contribution in [3.8, 4) is 0 Å². The van der Waals surface area contributed by atoms with Crippen molar-refractivity contribution >= 4 is 16.9 Å². The molecule has 0 aliphatic carbocycles. The van der Waals surface area contributed by atoms with Gasteiger partial charge in [0.25, 0.3) is 0 Å². The van der Waals surface area contributed by atoms with E-state index in [0.717, 1.165) is 35.1 Å². The Morgan fingerprint density at radius 1 is 1.19 bits per heavy atom. The predicted molar refractivity (Wildman–Crippen MR) is 105 cm³/mol. The molecule has 1 unspecified atom stereocenters. The van der Waals surface area contributed by atoms with Crippen molar-refractivity contribution in [2.45, 2.75) is 52.5 Å². The molecule has 0 radical (unpaired) electrons. The topological polar surface area (TPSA) is 72.5 Å². The average Bonchev–Trinajstić information content (AvgIpc) is 3.13. The van der Waals surface area contributed by atoms with Gasteiger partial charge in [-0.15, -0.1) is 0 Å². The second-order valence-electron chi connectivity index (χ2n) is 7.08. The zero-order valence-electron chi connectivity index (χ0n) is 16.0. The molecule has 0 saturated carbocycles. The van der Waals surface area contributed by atoms with E-state index in [1.807, 2.05) is 51.1 Å². The Kier molecular flexibility index (Phi) is 5.79. The van der Waals surface area contributed by atoms with Crippen LogP contribution < -0.4 is 10.9 Å². The Morgan fingerprint density at radius 3 is 2.74 bits per heavy atom. The van der Waals surface area contributed by atoms with Crippen molar-refractivity contribution in [2.75, 3.05) is 0 Å². The van der Waals surface area contributed by atoms with E-state index in [4.69, 9.17) is 8.83 Å². The van der Waals surface area contributed by atoms with Gasteiger partial charge in [-0.2, -0.15) is 0 Å². The molecule has 3 aromatic rings. The van der Waals surface area contributed by atoms with Crippen LogP contribution in [0.5, 0.6) is 0 Å². The van der Waals surface area contributed by atoms with E-state index < -0.39 is 0 Å². The minimum Gasteiger partial charge on any atom is -0.469 e. The third-order valence-corrected chi connectivity index (χ3v) is 4.86. The lowest BCUT2D eigenvalue weighted by atomic mass is 10.0. The molecule has 0 spiro atoms. The molecule has 1 N–H and O–H groups in total. The van der Waals surface area contributed by atoms with Gasteiger partial charge in [0.2, 0.25) is 5.91 Å². The smallest absolute Gasteiger partial charge is 0.339 e. The number of hydrogen-bond acceptors (Lipinski definition) is 4. The Bertz CT molecular complexity index is 985. The van der Waals surface area contributed by atoms with Gasteiger partial charge in [0.05, 0.1) is 6.26 Å². The molecule has 0 bridgehead atoms. The fourth-order valence-electron chi connectivity index (χ4n) is 3.26. The van der Waals surface area contributed by atoms with E-state index in [0.29, 0.717) is 17.6 Å². The minimum atomic E-state index is -0.357. The summed E-state index contributed by atoms with van der Waals surface area (Å²) < 4.78 is 10.8. The monoisotopic (exact) mass is 367 g/mol. The second kappa shape index (κ2) is 8.25. The molecule has 0 aliphatic heterocycles. The van der Waals surface area contributed by atoms with E-state index in [1.165, 1.54) is 0 Å². The summed E-state index contributed by atoms with van der Waals surface area (Å²) in [4.78, 5) is 24.6. The van der Waals surface area contributed by atoms with Gasteiger partial charge in [-0.05, 0) is 62.9 Å². The molecule has 1 atom stereocenters. The van der Waals surface area contributed by atoms with Crippen molar-refractivity contribution < 1.29 is 13.6 Å². The van der Waals surface area contributed by atoms with Crippen LogP contribution in [0.25, 0.3) is 11.0 Å². The molecule has 2 aromatic heterocycles. The van der Waals surface area contributed by atoms with Gasteiger partial charge in [0, 0.05) is 29.8 Å². The van der Waals surface area contributed by atoms with E-state index in [9.17, 15) is 9.59 Å². The minimum absolute atomic E-state index is 0.0414. The van der Waals surface area contributed by atoms with Crippen molar-refractivity contribution in [3.05, 3.63) is 69.5 Å². The highest BCUT2D eigenvalue weighted by atomic mass is 16.4. The lowest BCUT2D eigenvalue weighted by Gasteiger charge is -2.13. The van der Waals surface area contributed by atoms with Crippen molar-refractivity contribution in [1.82, 2.24) is 5.32 Å². The molecule has 3 rings (SSSR count). The first-order valence-corrected chi connectivity index (χ1v) is 9.28. The highest BCUT2D eigenvalue weighted by Crippen LogP contribution is 2.21. The molecule has 27 heavy (non-hydrogen) atoms. The number of aryl methyl sites for hydroxylation is 3. The van der Waals surface area contributed by atoms with Crippen LogP contribution in [0.3, 0.4) is 0 Å². The lowest BCUT2D eigenvalue weighted by molar-refractivity contribution is -0.121. The van der Waals surface area contributed by atoms with Gasteiger partial charge < -0.3 is 14.2 Å². The van der Waals surface area contributed by atoms with Crippen LogP contribution in [0.2, 0.25) is 0 Å². The number of hydrogen-bond donors (Lipinski definition) is 1. The third-order valence-electron chi connectivity index (χ3n) is 4.86. The first kappa shape index (κ1) is 19.0. The molecule has 0 saturated heterocycles. The summed E-state index contributed by atoms with van der Waals surface area (Å²) in [6, 6.07) is 9.64. The van der Waals surface area contributed by atoms with Crippen LogP contribution in [-0.4, -0.2) is 11.9 Å². The average molecular weight is 367 g/mol. The molecule has 0 fully saturated rings. The normalized spacial score (nSPS) is 12.3. The summed E-state index contributed by atoms with van der Waals surface area (Å²) in [7, 11) is 0. The van der Waals surface area contributed by atoms with Crippen LogP contribution in [-0.2, 0) is 17.6 Å². The Hall–Kier alpha value is -2.82. The fourth-order valence-corrected chi connectivity index (χ4v) is 3.26. The first-order valence-electron chi connectivity index (χ1n) is 9.28. The maximum Gasteiger partial charge on any atom is 0.339 e. The summed E-state index contributed by atoms with van der Waals surface area (Å²) in [6.45, 7) is 5.84. The lowest BCUT2D eigenvalue weighted by Crippen LogP contribution is -2.33. The van der Waals surface area contributed by atoms with Gasteiger partial charge in [-0.1, -0.05) is 12.1 Å². The molecule has 142 valence electrons. The fraction of sp³-hybridized carbons (Fsp3) is 0.364. The molecule has 5 heteroatoms. The number of furan rings is 1. The number of carbonyl (C=O) groups is 1. The number of carbonyl (C=O) groups excluding carboxylic acids is 1. The molecule has 5 nitrogen and oxygen atoms in total. The van der Waals surface area contributed by atoms with Crippen molar-refractivity contribution in [2.24, 2.45) is 0 Å². The molecule has 2 heterocycles. The summed E-state index contributed by atoms with van der Waals surface area (Å²) in [6.07, 6.45) is 3.86. The van der Waals surface area contributed by atoms with Crippen LogP contribution in [0.1, 0.15) is 42.2 Å². The maximum absolute atomic E-state index is 12.3. The molecule has 0 aliphatic rings. The zero-order chi connectivity index (χ0) is 19.4. The summed E-state index contributed by atoms with van der Waals surface area (Å²) in [5.41, 5.74) is 2.74. The van der Waals surface area contributed by atoms with E-state index in [-0.39, 0.29) is 24.0 Å². The van der Waals surface area contributed by atoms with Crippen LogP contribution >= 0.6 is 0 Å². The number of benzene rings is 1. The van der Waals surface area contributed by atoms with Crippen LogP contribution in [0, 0.1) is 13.8 Å². The standard InChI is InChI=1S/C22H25NO4/c1-14-6-9-18-16(3)19(22(25)27-20(18)13-14)10-11-21(24)23-15(2)7-8-17-5-4-12-26-17/h4-6,9,12-13,15H,7-8,10-11H2,1-3H3,(H,23,24). The van der Waals surface area contributed by atoms with E-state index in [2.05, 4.69) is 5.32 Å². The summed E-state index contributed by atoms with van der Waals surface area (Å²) in [5.74, 6) is 0.848. The number of fused-ring (bicyclic) bond motifs is 1. The molecular formula is C22H25NO4. The van der Waals surface area contributed by atoms with Gasteiger partial charge in [-0.25, -0.2) is 4.79 Å². The summed E-state index contributed by atoms with van der Waals surface area (Å²) in [5, 5.41) is 3.90. The quantitative estimate of drug-likeness (QED) is 0.639. The van der Waals surface area contributed by atoms with Gasteiger partial charge >= 0.3 is 5.63 Å². The third kappa shape index (κ3) is 4.67.